The highest BCUT2D eigenvalue weighted by atomic mass is 35.5. The zero-order chi connectivity index (χ0) is 22.4. The number of hydrogen-bond donors (Lipinski definition) is 3. The predicted octanol–water partition coefficient (Wildman–Crippen LogP) is 3.07. The van der Waals surface area contributed by atoms with Gasteiger partial charge < -0.3 is 16.8 Å². The molecule has 0 aliphatic rings. The molecule has 0 radical (unpaired) electrons. The molecule has 2 aromatic rings. The number of nitrogen functional groups attached to an aromatic ring is 1. The first-order chi connectivity index (χ1) is 14.2. The van der Waals surface area contributed by atoms with E-state index in [4.69, 9.17) is 23.1 Å². The van der Waals surface area contributed by atoms with Crippen LogP contribution in [-0.2, 0) is 4.79 Å². The summed E-state index contributed by atoms with van der Waals surface area (Å²) in [6.45, 7) is 6.45. The Kier molecular flexibility index (Phi) is 8.19. The highest BCUT2D eigenvalue weighted by Gasteiger charge is 2.33. The monoisotopic (exact) mass is 451 g/mol. The smallest absolute Gasteiger partial charge is 0.272 e. The van der Waals surface area contributed by atoms with Crippen LogP contribution in [0.2, 0.25) is 5.02 Å². The molecule has 1 aromatic carbocycles. The van der Waals surface area contributed by atoms with Gasteiger partial charge in [0.15, 0.2) is 5.69 Å². The van der Waals surface area contributed by atoms with Crippen LogP contribution in [0.15, 0.2) is 24.3 Å². The molecule has 1 atom stereocenters. The molecular weight excluding hydrogens is 426 g/mol. The van der Waals surface area contributed by atoms with Crippen LogP contribution >= 0.6 is 23.1 Å². The fourth-order valence-electron chi connectivity index (χ4n) is 2.87. The van der Waals surface area contributed by atoms with Crippen LogP contribution in [0, 0.1) is 5.92 Å². The molecule has 0 aliphatic carbocycles. The largest absolute Gasteiger partial charge is 0.395 e. The summed E-state index contributed by atoms with van der Waals surface area (Å²) in [4.78, 5) is 39.2. The molecule has 2 rings (SSSR count). The van der Waals surface area contributed by atoms with Crippen LogP contribution in [0.25, 0.3) is 0 Å². The molecule has 0 saturated carbocycles. The summed E-state index contributed by atoms with van der Waals surface area (Å²) in [6, 6.07) is 5.77. The molecule has 0 fully saturated rings. The van der Waals surface area contributed by atoms with Crippen LogP contribution in [0.1, 0.15) is 53.8 Å². The predicted molar refractivity (Wildman–Crippen MR) is 120 cm³/mol. The molecule has 1 heterocycles. The van der Waals surface area contributed by atoms with Crippen LogP contribution in [0.4, 0.5) is 11.4 Å². The van der Waals surface area contributed by atoms with Crippen molar-refractivity contribution < 1.29 is 14.4 Å². The van der Waals surface area contributed by atoms with E-state index in [-0.39, 0.29) is 22.2 Å². The number of halogens is 1. The maximum Gasteiger partial charge on any atom is 0.272 e. The maximum absolute atomic E-state index is 13.4. The van der Waals surface area contributed by atoms with Crippen molar-refractivity contribution in [2.45, 2.75) is 39.7 Å². The van der Waals surface area contributed by atoms with Crippen molar-refractivity contribution in [2.24, 2.45) is 11.7 Å². The van der Waals surface area contributed by atoms with E-state index in [9.17, 15) is 14.4 Å². The van der Waals surface area contributed by atoms with Crippen molar-refractivity contribution in [1.29, 1.82) is 0 Å². The summed E-state index contributed by atoms with van der Waals surface area (Å²) in [5.41, 5.74) is 11.4. The molecule has 30 heavy (non-hydrogen) atoms. The van der Waals surface area contributed by atoms with E-state index in [1.165, 1.54) is 4.90 Å². The molecule has 8 nitrogen and oxygen atoms in total. The van der Waals surface area contributed by atoms with Gasteiger partial charge in [-0.05, 0) is 54.6 Å². The minimum atomic E-state index is -0.820. The molecular formula is C20H26ClN5O3S. The van der Waals surface area contributed by atoms with Gasteiger partial charge in [-0.25, -0.2) is 0 Å². The molecule has 10 heteroatoms. The van der Waals surface area contributed by atoms with Crippen molar-refractivity contribution in [1.82, 2.24) is 9.69 Å². The lowest BCUT2D eigenvalue weighted by Gasteiger charge is -2.30. The lowest BCUT2D eigenvalue weighted by molar-refractivity contribution is -0.122. The number of carbonyl (C=O) groups excluding carboxylic acids is 3. The minimum Gasteiger partial charge on any atom is -0.395 e. The van der Waals surface area contributed by atoms with Crippen LogP contribution in [0.5, 0.6) is 0 Å². The number of nitrogens with zero attached hydrogens (tertiary/aromatic N) is 2. The Labute approximate surface area is 184 Å². The van der Waals surface area contributed by atoms with Crippen molar-refractivity contribution in [3.8, 4) is 0 Å². The van der Waals surface area contributed by atoms with Crippen molar-refractivity contribution in [2.75, 3.05) is 17.2 Å². The van der Waals surface area contributed by atoms with E-state index < -0.39 is 17.9 Å². The summed E-state index contributed by atoms with van der Waals surface area (Å²) in [7, 11) is 0. The number of rotatable bonds is 9. The zero-order valence-corrected chi connectivity index (χ0v) is 18.7. The van der Waals surface area contributed by atoms with Crippen molar-refractivity contribution >= 4 is 52.2 Å². The number of nitrogens with two attached hydrogens (primary N) is 2. The second-order valence-corrected chi connectivity index (χ2v) is 8.40. The van der Waals surface area contributed by atoms with Crippen molar-refractivity contribution in [3.05, 3.63) is 39.9 Å². The number of amides is 3. The van der Waals surface area contributed by atoms with E-state index in [2.05, 4.69) is 23.5 Å². The molecule has 1 unspecified atom stereocenters. The maximum atomic E-state index is 13.4. The fourth-order valence-corrected chi connectivity index (χ4v) is 3.73. The van der Waals surface area contributed by atoms with Gasteiger partial charge in [-0.15, -0.1) is 0 Å². The SMILES string of the molecule is CCC(C(=O)NCCC(C)C)N(C(=O)c1snc(C(N)=O)c1N)c1ccc(Cl)cc1. The molecule has 0 bridgehead atoms. The van der Waals surface area contributed by atoms with E-state index in [0.717, 1.165) is 18.0 Å². The van der Waals surface area contributed by atoms with Crippen LogP contribution in [0.3, 0.4) is 0 Å². The lowest BCUT2D eigenvalue weighted by Crippen LogP contribution is -2.50. The highest BCUT2D eigenvalue weighted by Crippen LogP contribution is 2.29. The topological polar surface area (TPSA) is 131 Å². The first-order valence-corrected chi connectivity index (χ1v) is 10.7. The number of carbonyl (C=O) groups is 3. The number of aromatic nitrogens is 1. The highest BCUT2D eigenvalue weighted by molar-refractivity contribution is 7.09. The molecule has 1 aromatic heterocycles. The summed E-state index contributed by atoms with van der Waals surface area (Å²) < 4.78 is 3.90. The number of hydrogen-bond acceptors (Lipinski definition) is 6. The normalized spacial score (nSPS) is 11.9. The van der Waals surface area contributed by atoms with Gasteiger partial charge in [0.25, 0.3) is 11.8 Å². The van der Waals surface area contributed by atoms with Crippen molar-refractivity contribution in [3.63, 3.8) is 0 Å². The molecule has 3 amide bonds. The second kappa shape index (κ2) is 10.4. The minimum absolute atomic E-state index is 0.0483. The number of benzene rings is 1. The lowest BCUT2D eigenvalue weighted by atomic mass is 10.1. The van der Waals surface area contributed by atoms with Gasteiger partial charge in [0.2, 0.25) is 5.91 Å². The summed E-state index contributed by atoms with van der Waals surface area (Å²) in [6.07, 6.45) is 1.18. The van der Waals surface area contributed by atoms with Gasteiger partial charge in [-0.1, -0.05) is 32.4 Å². The van der Waals surface area contributed by atoms with E-state index in [1.54, 1.807) is 24.3 Å². The van der Waals surface area contributed by atoms with Crippen LogP contribution < -0.4 is 21.7 Å². The third-order valence-electron chi connectivity index (χ3n) is 4.50. The quantitative estimate of drug-likeness (QED) is 0.539. The Morgan fingerprint density at radius 3 is 2.37 bits per heavy atom. The third kappa shape index (κ3) is 5.48. The first-order valence-electron chi connectivity index (χ1n) is 9.59. The summed E-state index contributed by atoms with van der Waals surface area (Å²) in [5, 5.41) is 3.39. The van der Waals surface area contributed by atoms with Gasteiger partial charge in [-0.3, -0.25) is 19.3 Å². The first kappa shape index (κ1) is 23.6. The molecule has 5 N–H and O–H groups in total. The average Bonchev–Trinajstić information content (AvgIpc) is 3.07. The Morgan fingerprint density at radius 2 is 1.87 bits per heavy atom. The molecule has 0 saturated heterocycles. The molecule has 0 aliphatic heterocycles. The molecule has 0 spiro atoms. The zero-order valence-electron chi connectivity index (χ0n) is 17.1. The average molecular weight is 452 g/mol. The number of nitrogens with one attached hydrogen (secondary N) is 1. The Morgan fingerprint density at radius 1 is 1.23 bits per heavy atom. The molecule has 162 valence electrons. The van der Waals surface area contributed by atoms with E-state index in [0.29, 0.717) is 29.6 Å². The van der Waals surface area contributed by atoms with Gasteiger partial charge in [0.1, 0.15) is 10.9 Å². The van der Waals surface area contributed by atoms with Gasteiger partial charge in [0, 0.05) is 17.3 Å². The fraction of sp³-hybridized carbons (Fsp3) is 0.400. The Balaban J connectivity index is 2.43. The number of anilines is 2. The standard InChI is InChI=1S/C20H26ClN5O3S/c1-4-14(19(28)24-10-9-11(2)3)26(13-7-5-12(21)6-8-13)20(29)17-15(22)16(18(23)27)25-30-17/h5-8,11,14H,4,9-10,22H2,1-3H3,(H2,23,27)(H,24,28). The second-order valence-electron chi connectivity index (χ2n) is 7.19. The Hall–Kier alpha value is -2.65. The number of primary amides is 1. The van der Waals surface area contributed by atoms with E-state index in [1.807, 2.05) is 6.92 Å². The van der Waals surface area contributed by atoms with Gasteiger partial charge in [0.05, 0.1) is 5.69 Å². The summed E-state index contributed by atoms with van der Waals surface area (Å²) >= 11 is 6.76. The van der Waals surface area contributed by atoms with Gasteiger partial charge in [-0.2, -0.15) is 4.37 Å². The van der Waals surface area contributed by atoms with Crippen LogP contribution in [-0.4, -0.2) is 34.7 Å². The Bertz CT molecular complexity index is 914. The van der Waals surface area contributed by atoms with Gasteiger partial charge >= 0.3 is 0 Å². The van der Waals surface area contributed by atoms with E-state index >= 15 is 0 Å². The third-order valence-corrected chi connectivity index (χ3v) is 5.60. The summed E-state index contributed by atoms with van der Waals surface area (Å²) in [5.74, 6) is -1.20.